The first-order valence-corrected chi connectivity index (χ1v) is 8.28. The monoisotopic (exact) mass is 412 g/mol. The third-order valence-corrected chi connectivity index (χ3v) is 3.64. The van der Waals surface area contributed by atoms with Crippen LogP contribution in [-0.2, 0) is 19.6 Å². The third kappa shape index (κ3) is 7.58. The van der Waals surface area contributed by atoms with E-state index in [9.17, 15) is 43.5 Å². The van der Waals surface area contributed by atoms with Crippen LogP contribution in [0.1, 0.15) is 26.7 Å². The highest BCUT2D eigenvalue weighted by Crippen LogP contribution is 2.40. The first kappa shape index (κ1) is 24.3. The van der Waals surface area contributed by atoms with Gasteiger partial charge >= 0.3 is 18.2 Å². The van der Waals surface area contributed by atoms with Crippen LogP contribution in [0, 0.1) is 0 Å². The molecule has 5 nitrogen and oxygen atoms in total. The minimum Gasteiger partial charge on any atom is -0.338 e. The fourth-order valence-electron chi connectivity index (χ4n) is 1.59. The molecule has 0 radical (unpaired) electrons. The topological polar surface area (TPSA) is 72.8 Å². The van der Waals surface area contributed by atoms with E-state index in [1.807, 2.05) is 0 Å². The molecule has 0 fully saturated rings. The Morgan fingerprint density at radius 3 is 1.76 bits per heavy atom. The quantitative estimate of drug-likeness (QED) is 0.439. The highest BCUT2D eigenvalue weighted by atomic mass is 32.2. The second-order valence-electron chi connectivity index (χ2n) is 4.96. The maximum atomic E-state index is 14.0. The van der Waals surface area contributed by atoms with Gasteiger partial charge in [-0.05, 0) is 0 Å². The van der Waals surface area contributed by atoms with Crippen LogP contribution in [0.4, 0.5) is 35.1 Å². The van der Waals surface area contributed by atoms with Gasteiger partial charge in [0.05, 0.1) is 6.61 Å². The Morgan fingerprint density at radius 2 is 1.44 bits per heavy atom. The molecule has 14 heteroatoms. The summed E-state index contributed by atoms with van der Waals surface area (Å²) in [7, 11) is -5.43. The molecule has 1 N–H and O–H groups in total. The predicted molar refractivity (Wildman–Crippen MR) is 67.6 cm³/mol. The molecule has 152 valence electrons. The lowest BCUT2D eigenvalue weighted by atomic mass is 10.1. The van der Waals surface area contributed by atoms with Crippen LogP contribution in [0.15, 0.2) is 0 Å². The van der Waals surface area contributed by atoms with Crippen molar-refractivity contribution in [3.05, 3.63) is 0 Å². The van der Waals surface area contributed by atoms with Gasteiger partial charge in [0.15, 0.2) is 11.9 Å². The molecule has 0 saturated heterocycles. The largest absolute Gasteiger partial charge is 0.417 e. The molecule has 0 aromatic rings. The van der Waals surface area contributed by atoms with Crippen LogP contribution in [-0.4, -0.2) is 55.5 Å². The second-order valence-corrected chi connectivity index (χ2v) is 6.42. The van der Waals surface area contributed by atoms with Gasteiger partial charge < -0.3 is 9.47 Å². The van der Waals surface area contributed by atoms with E-state index in [1.54, 1.807) is 0 Å². The van der Waals surface area contributed by atoms with Gasteiger partial charge in [-0.3, -0.25) is 4.55 Å². The van der Waals surface area contributed by atoms with E-state index in [2.05, 4.69) is 9.47 Å². The van der Waals surface area contributed by atoms with Crippen molar-refractivity contribution < 1.29 is 57.6 Å². The zero-order valence-corrected chi connectivity index (χ0v) is 13.7. The summed E-state index contributed by atoms with van der Waals surface area (Å²) in [6.07, 6.45) is -16.5. The summed E-state index contributed by atoms with van der Waals surface area (Å²) < 4.78 is 141. The van der Waals surface area contributed by atoms with E-state index >= 15 is 0 Å². The van der Waals surface area contributed by atoms with E-state index < -0.39 is 65.5 Å². The SMILES string of the molecule is CCC(F)(F)C(F)(CC)OCC(OC(F)(F)CS(=O)(=O)O)C(F)(F)F. The zero-order valence-electron chi connectivity index (χ0n) is 12.9. The molecule has 0 bridgehead atoms. The maximum absolute atomic E-state index is 14.0. The first-order valence-electron chi connectivity index (χ1n) is 6.67. The summed E-state index contributed by atoms with van der Waals surface area (Å²) in [4.78, 5) is 0. The molecular weight excluding hydrogens is 396 g/mol. The Labute approximate surface area is 138 Å². The molecule has 0 aliphatic heterocycles. The minimum atomic E-state index is -5.63. The van der Waals surface area contributed by atoms with Gasteiger partial charge in [0.2, 0.25) is 0 Å². The molecule has 0 saturated carbocycles. The van der Waals surface area contributed by atoms with Crippen molar-refractivity contribution in [2.24, 2.45) is 0 Å². The summed E-state index contributed by atoms with van der Waals surface area (Å²) in [5.74, 6) is -10.6. The number of ether oxygens (including phenoxy) is 2. The minimum absolute atomic E-state index is 0.825. The Kier molecular flexibility index (Phi) is 7.65. The molecule has 0 aliphatic rings. The van der Waals surface area contributed by atoms with Crippen molar-refractivity contribution in [2.75, 3.05) is 12.4 Å². The van der Waals surface area contributed by atoms with Crippen LogP contribution < -0.4 is 0 Å². The van der Waals surface area contributed by atoms with Crippen molar-refractivity contribution in [3.8, 4) is 0 Å². The molecule has 2 atom stereocenters. The lowest BCUT2D eigenvalue weighted by Gasteiger charge is -2.34. The lowest BCUT2D eigenvalue weighted by molar-refractivity contribution is -0.347. The van der Waals surface area contributed by atoms with Crippen molar-refractivity contribution in [2.45, 2.75) is 56.9 Å². The molecular formula is C11H16F8O5S. The molecule has 0 aliphatic carbocycles. The molecule has 0 heterocycles. The summed E-state index contributed by atoms with van der Waals surface area (Å²) in [5, 5.41) is 0. The molecule has 0 rings (SSSR count). The van der Waals surface area contributed by atoms with Gasteiger partial charge in [-0.2, -0.15) is 30.4 Å². The van der Waals surface area contributed by atoms with Crippen molar-refractivity contribution in [3.63, 3.8) is 0 Å². The zero-order chi connectivity index (χ0) is 20.3. The molecule has 0 amide bonds. The van der Waals surface area contributed by atoms with Gasteiger partial charge in [0.25, 0.3) is 16.0 Å². The van der Waals surface area contributed by atoms with E-state index in [1.165, 1.54) is 0 Å². The second kappa shape index (κ2) is 7.88. The Hall–Kier alpha value is -0.730. The van der Waals surface area contributed by atoms with Crippen LogP contribution in [0.2, 0.25) is 0 Å². The van der Waals surface area contributed by atoms with Gasteiger partial charge in [0, 0.05) is 12.8 Å². The van der Waals surface area contributed by atoms with Crippen LogP contribution >= 0.6 is 0 Å². The van der Waals surface area contributed by atoms with Crippen molar-refractivity contribution in [1.82, 2.24) is 0 Å². The normalized spacial score (nSPS) is 18.0. The molecule has 0 aromatic heterocycles. The Balaban J connectivity index is 5.34. The Bertz CT molecular complexity index is 535. The summed E-state index contributed by atoms with van der Waals surface area (Å²) in [5.41, 5.74) is 0. The van der Waals surface area contributed by atoms with E-state index in [0.29, 0.717) is 0 Å². The number of rotatable bonds is 10. The average molecular weight is 412 g/mol. The van der Waals surface area contributed by atoms with E-state index in [4.69, 9.17) is 4.55 Å². The molecule has 0 spiro atoms. The van der Waals surface area contributed by atoms with Gasteiger partial charge in [-0.25, -0.2) is 13.2 Å². The lowest BCUT2D eigenvalue weighted by Crippen LogP contribution is -2.50. The van der Waals surface area contributed by atoms with Gasteiger partial charge in [-0.1, -0.05) is 13.8 Å². The molecule has 0 aromatic carbocycles. The van der Waals surface area contributed by atoms with Crippen molar-refractivity contribution in [1.29, 1.82) is 0 Å². The van der Waals surface area contributed by atoms with Crippen molar-refractivity contribution >= 4 is 10.1 Å². The summed E-state index contributed by atoms with van der Waals surface area (Å²) >= 11 is 0. The van der Waals surface area contributed by atoms with Gasteiger partial charge in [0.1, 0.15) is 0 Å². The first-order chi connectivity index (χ1) is 10.9. The van der Waals surface area contributed by atoms with Crippen LogP contribution in [0.3, 0.4) is 0 Å². The summed E-state index contributed by atoms with van der Waals surface area (Å²) in [6.45, 7) is -0.435. The standard InChI is InChI=1S/C11H16F8O5S/c1-3-8(12,13)9(14,4-2)23-5-7(11(17,18)19)24-10(15,16)6-25(20,21)22/h7H,3-6H2,1-2H3,(H,20,21,22). The van der Waals surface area contributed by atoms with E-state index in [-0.39, 0.29) is 0 Å². The third-order valence-electron chi connectivity index (χ3n) is 2.94. The fraction of sp³-hybridized carbons (Fsp3) is 1.00. The number of hydrogen-bond donors (Lipinski definition) is 1. The van der Waals surface area contributed by atoms with Crippen LogP contribution in [0.5, 0.6) is 0 Å². The van der Waals surface area contributed by atoms with Gasteiger partial charge in [-0.15, -0.1) is 0 Å². The highest BCUT2D eigenvalue weighted by molar-refractivity contribution is 7.85. The summed E-state index contributed by atoms with van der Waals surface area (Å²) in [6, 6.07) is 0. The number of alkyl halides is 8. The predicted octanol–water partition coefficient (Wildman–Crippen LogP) is 3.55. The smallest absolute Gasteiger partial charge is 0.338 e. The molecule has 2 unspecified atom stereocenters. The highest BCUT2D eigenvalue weighted by Gasteiger charge is 2.56. The fourth-order valence-corrected chi connectivity index (χ4v) is 2.08. The van der Waals surface area contributed by atoms with E-state index in [0.717, 1.165) is 13.8 Å². The Morgan fingerprint density at radius 1 is 0.960 bits per heavy atom. The van der Waals surface area contributed by atoms with Crippen LogP contribution in [0.25, 0.3) is 0 Å². The maximum Gasteiger partial charge on any atom is 0.417 e. The average Bonchev–Trinajstić information content (AvgIpc) is 2.38. The number of hydrogen-bond acceptors (Lipinski definition) is 4. The molecule has 25 heavy (non-hydrogen) atoms. The number of halogens is 8.